The molecular formula is C18H12FN5O2. The van der Waals surface area contributed by atoms with Crippen LogP contribution in [0.1, 0.15) is 10.4 Å². The number of hydrogen-bond donors (Lipinski definition) is 1. The first kappa shape index (κ1) is 15.7. The highest BCUT2D eigenvalue weighted by Gasteiger charge is 2.14. The lowest BCUT2D eigenvalue weighted by molar-refractivity contribution is 0.102. The normalized spacial score (nSPS) is 10.8. The molecule has 1 aromatic carbocycles. The molecule has 26 heavy (non-hydrogen) atoms. The summed E-state index contributed by atoms with van der Waals surface area (Å²) in [6.45, 7) is 0. The number of anilines is 1. The number of amides is 1. The topological polar surface area (TPSA) is 81.3 Å². The molecule has 0 unspecified atom stereocenters. The molecule has 0 fully saturated rings. The lowest BCUT2D eigenvalue weighted by Gasteiger charge is -2.09. The van der Waals surface area contributed by atoms with Crippen molar-refractivity contribution in [2.75, 3.05) is 5.32 Å². The summed E-state index contributed by atoms with van der Waals surface area (Å²) in [7, 11) is 0. The van der Waals surface area contributed by atoms with Gasteiger partial charge in [-0.25, -0.2) is 14.4 Å². The quantitative estimate of drug-likeness (QED) is 0.615. The van der Waals surface area contributed by atoms with Crippen LogP contribution in [0, 0.1) is 5.82 Å². The van der Waals surface area contributed by atoms with Crippen molar-refractivity contribution >= 4 is 17.2 Å². The molecule has 0 aliphatic rings. The van der Waals surface area contributed by atoms with E-state index in [1.165, 1.54) is 46.0 Å². The first-order valence-corrected chi connectivity index (χ1v) is 7.69. The van der Waals surface area contributed by atoms with Crippen LogP contribution in [-0.4, -0.2) is 24.8 Å². The van der Waals surface area contributed by atoms with Gasteiger partial charge in [-0.15, -0.1) is 0 Å². The molecule has 128 valence electrons. The lowest BCUT2D eigenvalue weighted by atomic mass is 10.2. The molecular weight excluding hydrogens is 337 g/mol. The molecule has 3 aromatic heterocycles. The van der Waals surface area contributed by atoms with E-state index in [2.05, 4.69) is 15.3 Å². The van der Waals surface area contributed by atoms with Crippen LogP contribution in [0.4, 0.5) is 10.1 Å². The van der Waals surface area contributed by atoms with Gasteiger partial charge in [0.1, 0.15) is 17.0 Å². The molecule has 1 amide bonds. The van der Waals surface area contributed by atoms with Crippen LogP contribution in [-0.2, 0) is 0 Å². The fourth-order valence-electron chi connectivity index (χ4n) is 2.58. The predicted molar refractivity (Wildman–Crippen MR) is 92.9 cm³/mol. The number of benzene rings is 1. The number of fused-ring (bicyclic) bond motifs is 1. The summed E-state index contributed by atoms with van der Waals surface area (Å²) < 4.78 is 17.1. The predicted octanol–water partition coefficient (Wildman–Crippen LogP) is 2.27. The zero-order valence-corrected chi connectivity index (χ0v) is 13.3. The van der Waals surface area contributed by atoms with Crippen LogP contribution in [0.3, 0.4) is 0 Å². The highest BCUT2D eigenvalue weighted by atomic mass is 19.1. The second kappa shape index (κ2) is 6.25. The zero-order valence-electron chi connectivity index (χ0n) is 13.3. The second-order valence-corrected chi connectivity index (χ2v) is 5.50. The van der Waals surface area contributed by atoms with E-state index in [-0.39, 0.29) is 11.3 Å². The number of imidazole rings is 1. The van der Waals surface area contributed by atoms with Gasteiger partial charge in [0.2, 0.25) is 0 Å². The molecule has 0 atom stereocenters. The van der Waals surface area contributed by atoms with Crippen molar-refractivity contribution in [3.63, 3.8) is 0 Å². The maximum absolute atomic E-state index is 14.3. The molecule has 0 aliphatic heterocycles. The number of nitrogens with zero attached hydrogens (tertiary/aromatic N) is 4. The molecule has 1 N–H and O–H groups in total. The van der Waals surface area contributed by atoms with Crippen LogP contribution in [0.25, 0.3) is 11.3 Å². The minimum absolute atomic E-state index is 0.132. The van der Waals surface area contributed by atoms with Gasteiger partial charge in [0.05, 0.1) is 12.0 Å². The van der Waals surface area contributed by atoms with Crippen molar-refractivity contribution in [2.45, 2.75) is 0 Å². The average Bonchev–Trinajstić information content (AvgIpc) is 3.16. The summed E-state index contributed by atoms with van der Waals surface area (Å²) in [5.74, 6) is -1.19. The van der Waals surface area contributed by atoms with Gasteiger partial charge in [-0.3, -0.25) is 14.0 Å². The number of nitrogens with one attached hydrogen (secondary N) is 1. The van der Waals surface area contributed by atoms with Gasteiger partial charge in [0.15, 0.2) is 0 Å². The summed E-state index contributed by atoms with van der Waals surface area (Å²) in [6, 6.07) is 9.31. The first-order chi connectivity index (χ1) is 12.6. The third kappa shape index (κ3) is 2.73. The van der Waals surface area contributed by atoms with E-state index in [1.807, 2.05) is 0 Å². The third-order valence-corrected chi connectivity index (χ3v) is 3.85. The maximum atomic E-state index is 14.3. The van der Waals surface area contributed by atoms with Crippen LogP contribution in [0.15, 0.2) is 72.3 Å². The van der Waals surface area contributed by atoms with Gasteiger partial charge in [-0.2, -0.15) is 0 Å². The fraction of sp³-hybridized carbons (Fsp3) is 0. The highest BCUT2D eigenvalue weighted by Crippen LogP contribution is 2.18. The van der Waals surface area contributed by atoms with Gasteiger partial charge in [-0.05, 0) is 30.3 Å². The summed E-state index contributed by atoms with van der Waals surface area (Å²) in [5.41, 5.74) is 0.336. The molecule has 4 rings (SSSR count). The molecule has 0 radical (unpaired) electrons. The van der Waals surface area contributed by atoms with Crippen LogP contribution in [0.2, 0.25) is 0 Å². The Hall–Kier alpha value is -3.81. The Morgan fingerprint density at radius 3 is 2.81 bits per heavy atom. The van der Waals surface area contributed by atoms with Crippen molar-refractivity contribution in [3.05, 3.63) is 89.2 Å². The monoisotopic (exact) mass is 349 g/mol. The number of pyridine rings is 1. The number of carbonyl (C=O) groups is 1. The van der Waals surface area contributed by atoms with E-state index in [1.54, 1.807) is 30.5 Å². The summed E-state index contributed by atoms with van der Waals surface area (Å²) in [5, 5.41) is 2.52. The SMILES string of the molecule is O=C(Nc1ccc(-n2ccnc2)c(F)c1)c1cnc2ccccn2c1=O. The Kier molecular flexibility index (Phi) is 3.77. The van der Waals surface area contributed by atoms with E-state index in [0.717, 1.165) is 0 Å². The Morgan fingerprint density at radius 2 is 2.04 bits per heavy atom. The molecule has 4 aromatic rings. The van der Waals surface area contributed by atoms with Crippen molar-refractivity contribution in [1.29, 1.82) is 0 Å². The molecule has 0 spiro atoms. The summed E-state index contributed by atoms with van der Waals surface area (Å²) in [4.78, 5) is 32.8. The Balaban J connectivity index is 1.64. The lowest BCUT2D eigenvalue weighted by Crippen LogP contribution is -2.26. The Labute approximate surface area is 146 Å². The third-order valence-electron chi connectivity index (χ3n) is 3.85. The van der Waals surface area contributed by atoms with Gasteiger partial charge in [-0.1, -0.05) is 6.07 Å². The maximum Gasteiger partial charge on any atom is 0.270 e. The zero-order chi connectivity index (χ0) is 18.1. The van der Waals surface area contributed by atoms with E-state index in [9.17, 15) is 14.0 Å². The van der Waals surface area contributed by atoms with Gasteiger partial charge in [0.25, 0.3) is 11.5 Å². The fourth-order valence-corrected chi connectivity index (χ4v) is 2.58. The van der Waals surface area contributed by atoms with Crippen molar-refractivity contribution in [2.24, 2.45) is 0 Å². The molecule has 0 saturated carbocycles. The smallest absolute Gasteiger partial charge is 0.270 e. The highest BCUT2D eigenvalue weighted by molar-refractivity contribution is 6.03. The molecule has 8 heteroatoms. The first-order valence-electron chi connectivity index (χ1n) is 7.69. The standard InChI is InChI=1S/C18H12FN5O2/c19-14-9-12(4-5-15(14)23-8-6-20-11-23)22-17(25)13-10-21-16-3-1-2-7-24(16)18(13)26/h1-11H,(H,22,25). The minimum Gasteiger partial charge on any atom is -0.322 e. The number of halogens is 1. The van der Waals surface area contributed by atoms with Crippen LogP contribution in [0.5, 0.6) is 0 Å². The largest absolute Gasteiger partial charge is 0.322 e. The molecule has 0 saturated heterocycles. The van der Waals surface area contributed by atoms with Crippen LogP contribution < -0.4 is 10.9 Å². The average molecular weight is 349 g/mol. The number of rotatable bonds is 3. The summed E-state index contributed by atoms with van der Waals surface area (Å²) >= 11 is 0. The van der Waals surface area contributed by atoms with E-state index in [4.69, 9.17) is 0 Å². The molecule has 7 nitrogen and oxygen atoms in total. The second-order valence-electron chi connectivity index (χ2n) is 5.50. The van der Waals surface area contributed by atoms with Gasteiger partial charge in [0, 0.05) is 30.5 Å². The molecule has 3 heterocycles. The number of aromatic nitrogens is 4. The van der Waals surface area contributed by atoms with Crippen molar-refractivity contribution in [3.8, 4) is 5.69 Å². The molecule has 0 aliphatic carbocycles. The van der Waals surface area contributed by atoms with E-state index >= 15 is 0 Å². The Bertz CT molecular complexity index is 1170. The molecule has 0 bridgehead atoms. The summed E-state index contributed by atoms with van der Waals surface area (Å²) in [6.07, 6.45) is 7.36. The number of carbonyl (C=O) groups excluding carboxylic acids is 1. The van der Waals surface area contributed by atoms with E-state index < -0.39 is 17.3 Å². The minimum atomic E-state index is -0.657. The van der Waals surface area contributed by atoms with E-state index in [0.29, 0.717) is 11.3 Å². The van der Waals surface area contributed by atoms with Crippen molar-refractivity contribution in [1.82, 2.24) is 18.9 Å². The Morgan fingerprint density at radius 1 is 1.15 bits per heavy atom. The van der Waals surface area contributed by atoms with Crippen molar-refractivity contribution < 1.29 is 9.18 Å². The number of hydrogen-bond acceptors (Lipinski definition) is 4. The van der Waals surface area contributed by atoms with Crippen LogP contribution >= 0.6 is 0 Å². The van der Waals surface area contributed by atoms with Gasteiger partial charge < -0.3 is 9.88 Å². The van der Waals surface area contributed by atoms with Gasteiger partial charge >= 0.3 is 0 Å².